The van der Waals surface area contributed by atoms with Crippen molar-refractivity contribution < 1.29 is 9.18 Å². The van der Waals surface area contributed by atoms with Gasteiger partial charge in [0.1, 0.15) is 17.4 Å². The topological polar surface area (TPSA) is 89.6 Å². The molecule has 1 aromatic carbocycles. The van der Waals surface area contributed by atoms with E-state index in [0.717, 1.165) is 54.4 Å². The Labute approximate surface area is 199 Å². The molecule has 34 heavy (non-hydrogen) atoms. The van der Waals surface area contributed by atoms with Crippen LogP contribution in [0, 0.1) is 31.0 Å². The quantitative estimate of drug-likeness (QED) is 0.605. The third-order valence-corrected chi connectivity index (χ3v) is 6.61. The van der Waals surface area contributed by atoms with Gasteiger partial charge in [-0.2, -0.15) is 10.4 Å². The van der Waals surface area contributed by atoms with Crippen LogP contribution in [0.3, 0.4) is 0 Å². The first-order valence-electron chi connectivity index (χ1n) is 11.5. The van der Waals surface area contributed by atoms with Crippen LogP contribution in [0.1, 0.15) is 47.5 Å². The Morgan fingerprint density at radius 3 is 2.71 bits per heavy atom. The molecule has 1 N–H and O–H groups in total. The van der Waals surface area contributed by atoms with Gasteiger partial charge in [0, 0.05) is 55.2 Å². The zero-order valence-corrected chi connectivity index (χ0v) is 20.1. The summed E-state index contributed by atoms with van der Waals surface area (Å²) in [4.78, 5) is 21.9. The number of nitrogens with one attached hydrogen (secondary N) is 1. The molecule has 1 unspecified atom stereocenters. The summed E-state index contributed by atoms with van der Waals surface area (Å²) in [7, 11) is 2.09. The summed E-state index contributed by atoms with van der Waals surface area (Å²) in [5, 5.41) is 16.5. The number of likely N-dealkylation sites (N-methyl/N-ethyl adjacent to an activating group) is 1. The molecular weight excluding hydrogens is 433 g/mol. The molecule has 0 bridgehead atoms. The van der Waals surface area contributed by atoms with Crippen LogP contribution in [0.25, 0.3) is 5.65 Å². The standard InChI is InChI=1S/C25H30FN7O/c1-16-21(18(3)33-25(30-16)19(14-27)15-28-33)6-8-24(34)29-17(2)22-13-20(26)5-7-23(22)32-11-9-31(4)10-12-32/h5,7,13,15,17H,6,8-12H2,1-4H3,(H,29,34). The molecule has 3 heterocycles. The van der Waals surface area contributed by atoms with E-state index in [0.29, 0.717) is 17.6 Å². The molecular formula is C25H30FN7O. The second-order valence-electron chi connectivity index (χ2n) is 8.95. The molecule has 0 radical (unpaired) electrons. The number of aryl methyl sites for hydroxylation is 2. The maximum Gasteiger partial charge on any atom is 0.220 e. The number of carbonyl (C=O) groups is 1. The molecule has 1 fully saturated rings. The number of amides is 1. The van der Waals surface area contributed by atoms with Crippen LogP contribution in [0.2, 0.25) is 0 Å². The number of carbonyl (C=O) groups excluding carboxylic acids is 1. The van der Waals surface area contributed by atoms with E-state index in [9.17, 15) is 14.4 Å². The van der Waals surface area contributed by atoms with Crippen molar-refractivity contribution in [2.24, 2.45) is 0 Å². The van der Waals surface area contributed by atoms with Crippen LogP contribution in [0.15, 0.2) is 24.4 Å². The number of hydrogen-bond acceptors (Lipinski definition) is 6. The molecule has 1 saturated heterocycles. The number of rotatable bonds is 6. The van der Waals surface area contributed by atoms with Crippen LogP contribution in [0.5, 0.6) is 0 Å². The highest BCUT2D eigenvalue weighted by Gasteiger charge is 2.22. The lowest BCUT2D eigenvalue weighted by atomic mass is 10.0. The van der Waals surface area contributed by atoms with Crippen LogP contribution in [0.4, 0.5) is 10.1 Å². The number of anilines is 1. The Bertz CT molecular complexity index is 1250. The number of hydrogen-bond donors (Lipinski definition) is 1. The Hall–Kier alpha value is -3.51. The van der Waals surface area contributed by atoms with Crippen molar-refractivity contribution in [3.63, 3.8) is 0 Å². The fourth-order valence-electron chi connectivity index (χ4n) is 4.59. The zero-order chi connectivity index (χ0) is 24.4. The number of halogens is 1. The fourth-order valence-corrected chi connectivity index (χ4v) is 4.59. The molecule has 4 rings (SSSR count). The highest BCUT2D eigenvalue weighted by Crippen LogP contribution is 2.28. The van der Waals surface area contributed by atoms with E-state index in [1.54, 1.807) is 4.52 Å². The van der Waals surface area contributed by atoms with Gasteiger partial charge in [-0.25, -0.2) is 13.9 Å². The smallest absolute Gasteiger partial charge is 0.220 e. The Kier molecular flexibility index (Phi) is 6.80. The normalized spacial score (nSPS) is 15.4. The maximum absolute atomic E-state index is 14.1. The van der Waals surface area contributed by atoms with Gasteiger partial charge < -0.3 is 15.1 Å². The lowest BCUT2D eigenvalue weighted by Crippen LogP contribution is -2.45. The van der Waals surface area contributed by atoms with Crippen molar-refractivity contribution >= 4 is 17.2 Å². The Morgan fingerprint density at radius 2 is 2.00 bits per heavy atom. The summed E-state index contributed by atoms with van der Waals surface area (Å²) < 4.78 is 15.8. The molecule has 1 aliphatic rings. The number of benzene rings is 1. The van der Waals surface area contributed by atoms with E-state index in [1.165, 1.54) is 18.3 Å². The second-order valence-corrected chi connectivity index (χ2v) is 8.95. The van der Waals surface area contributed by atoms with Gasteiger partial charge in [-0.05, 0) is 58.0 Å². The minimum Gasteiger partial charge on any atom is -0.369 e. The third-order valence-electron chi connectivity index (χ3n) is 6.61. The lowest BCUT2D eigenvalue weighted by molar-refractivity contribution is -0.121. The van der Waals surface area contributed by atoms with Gasteiger partial charge in [0.15, 0.2) is 5.65 Å². The van der Waals surface area contributed by atoms with Crippen molar-refractivity contribution in [2.45, 2.75) is 39.7 Å². The highest BCUT2D eigenvalue weighted by atomic mass is 19.1. The lowest BCUT2D eigenvalue weighted by Gasteiger charge is -2.36. The molecule has 3 aromatic rings. The third kappa shape index (κ3) is 4.73. The Morgan fingerprint density at radius 1 is 1.26 bits per heavy atom. The molecule has 0 aliphatic carbocycles. The zero-order valence-electron chi connectivity index (χ0n) is 20.1. The van der Waals surface area contributed by atoms with Gasteiger partial charge in [-0.3, -0.25) is 4.79 Å². The maximum atomic E-state index is 14.1. The average molecular weight is 464 g/mol. The number of aromatic nitrogens is 3. The first kappa shape index (κ1) is 23.6. The number of nitrogens with zero attached hydrogens (tertiary/aromatic N) is 6. The first-order chi connectivity index (χ1) is 16.3. The van der Waals surface area contributed by atoms with Crippen LogP contribution in [-0.4, -0.2) is 58.6 Å². The molecule has 178 valence electrons. The molecule has 0 saturated carbocycles. The second kappa shape index (κ2) is 9.77. The van der Waals surface area contributed by atoms with E-state index in [4.69, 9.17) is 0 Å². The van der Waals surface area contributed by atoms with Gasteiger partial charge in [0.05, 0.1) is 12.2 Å². The minimum absolute atomic E-state index is 0.113. The predicted octanol–water partition coefficient (Wildman–Crippen LogP) is 2.92. The van der Waals surface area contributed by atoms with Gasteiger partial charge in [-0.15, -0.1) is 0 Å². The summed E-state index contributed by atoms with van der Waals surface area (Å²) in [5.41, 5.74) is 5.30. The van der Waals surface area contributed by atoms with Crippen molar-refractivity contribution in [3.05, 3.63) is 58.3 Å². The molecule has 1 aliphatic heterocycles. The van der Waals surface area contributed by atoms with Gasteiger partial charge in [-0.1, -0.05) is 0 Å². The van der Waals surface area contributed by atoms with Crippen molar-refractivity contribution in [1.82, 2.24) is 24.8 Å². The fraction of sp³-hybridized carbons (Fsp3) is 0.440. The van der Waals surface area contributed by atoms with Crippen molar-refractivity contribution in [1.29, 1.82) is 5.26 Å². The largest absolute Gasteiger partial charge is 0.369 e. The van der Waals surface area contributed by atoms with E-state index in [1.807, 2.05) is 26.8 Å². The summed E-state index contributed by atoms with van der Waals surface area (Å²) in [6, 6.07) is 6.59. The van der Waals surface area contributed by atoms with E-state index >= 15 is 0 Å². The van der Waals surface area contributed by atoms with E-state index in [2.05, 4.69) is 38.3 Å². The van der Waals surface area contributed by atoms with Crippen LogP contribution in [-0.2, 0) is 11.2 Å². The first-order valence-corrected chi connectivity index (χ1v) is 11.5. The van der Waals surface area contributed by atoms with E-state index < -0.39 is 0 Å². The monoisotopic (exact) mass is 463 g/mol. The number of fused-ring (bicyclic) bond motifs is 1. The van der Waals surface area contributed by atoms with Gasteiger partial charge >= 0.3 is 0 Å². The van der Waals surface area contributed by atoms with Crippen molar-refractivity contribution in [3.8, 4) is 6.07 Å². The SMILES string of the molecule is Cc1nc2c(C#N)cnn2c(C)c1CCC(=O)NC(C)c1cc(F)ccc1N1CCN(C)CC1. The molecule has 0 spiro atoms. The molecule has 1 amide bonds. The van der Waals surface area contributed by atoms with Crippen molar-refractivity contribution in [2.75, 3.05) is 38.1 Å². The summed E-state index contributed by atoms with van der Waals surface area (Å²) in [6.07, 6.45) is 2.27. The van der Waals surface area contributed by atoms with E-state index in [-0.39, 0.29) is 24.2 Å². The Balaban J connectivity index is 1.46. The average Bonchev–Trinajstić information content (AvgIpc) is 3.22. The molecule has 8 nitrogen and oxygen atoms in total. The van der Waals surface area contributed by atoms with Crippen LogP contribution < -0.4 is 10.2 Å². The summed E-state index contributed by atoms with van der Waals surface area (Å²) in [6.45, 7) is 9.31. The van der Waals surface area contributed by atoms with Crippen LogP contribution >= 0.6 is 0 Å². The van der Waals surface area contributed by atoms with Gasteiger partial charge in [0.25, 0.3) is 0 Å². The number of nitriles is 1. The summed E-state index contributed by atoms with van der Waals surface area (Å²) >= 11 is 0. The predicted molar refractivity (Wildman–Crippen MR) is 128 cm³/mol. The molecule has 1 atom stereocenters. The summed E-state index contributed by atoms with van der Waals surface area (Å²) in [5.74, 6) is -0.422. The number of piperazine rings is 1. The molecule has 2 aromatic heterocycles. The highest BCUT2D eigenvalue weighted by molar-refractivity contribution is 5.77. The minimum atomic E-state index is -0.329. The van der Waals surface area contributed by atoms with Gasteiger partial charge in [0.2, 0.25) is 5.91 Å². The molecule has 9 heteroatoms.